The summed E-state index contributed by atoms with van der Waals surface area (Å²) >= 11 is 0. The fourth-order valence-electron chi connectivity index (χ4n) is 8.65. The van der Waals surface area contributed by atoms with E-state index in [9.17, 15) is 0 Å². The van der Waals surface area contributed by atoms with Crippen molar-refractivity contribution in [3.05, 3.63) is 188 Å². The lowest BCUT2D eigenvalue weighted by molar-refractivity contribution is 0.668. The molecule has 0 amide bonds. The summed E-state index contributed by atoms with van der Waals surface area (Å²) in [5.74, 6) is 1.78. The third-order valence-corrected chi connectivity index (χ3v) is 11.3. The van der Waals surface area contributed by atoms with Crippen molar-refractivity contribution in [1.82, 2.24) is 15.0 Å². The molecule has 0 aliphatic carbocycles. The second-order valence-corrected chi connectivity index (χ2v) is 14.7. The summed E-state index contributed by atoms with van der Waals surface area (Å²) in [4.78, 5) is 15.9. The Bertz CT molecular complexity index is 3600. The lowest BCUT2D eigenvalue weighted by Gasteiger charge is -2.14. The average molecular weight is 742 g/mol. The normalized spacial score (nSPS) is 11.8. The number of hydrogen-bond acceptors (Lipinski definition) is 5. The molecule has 5 nitrogen and oxygen atoms in total. The SMILES string of the molecule is c1ccc(-c2nc(-c3cccc4cc(-c5cccc6oc7ccccc7c56)ccc34)nc(-c3cccc4oc5ccccc5c34)n2)c(-c2ccc3ccccc3c2)c1. The molecule has 0 saturated heterocycles. The van der Waals surface area contributed by atoms with Crippen LogP contribution in [0, 0.1) is 0 Å². The molecule has 0 unspecified atom stereocenters. The smallest absolute Gasteiger partial charge is 0.164 e. The number of para-hydroxylation sites is 2. The molecule has 0 radical (unpaired) electrons. The molecule has 9 aromatic carbocycles. The van der Waals surface area contributed by atoms with Gasteiger partial charge in [-0.1, -0.05) is 152 Å². The minimum Gasteiger partial charge on any atom is -0.456 e. The first-order chi connectivity index (χ1) is 28.7. The molecular weight excluding hydrogens is 711 g/mol. The average Bonchev–Trinajstić information content (AvgIpc) is 3.87. The van der Waals surface area contributed by atoms with E-state index < -0.39 is 0 Å². The van der Waals surface area contributed by atoms with Crippen molar-refractivity contribution in [3.8, 4) is 56.4 Å². The van der Waals surface area contributed by atoms with Crippen molar-refractivity contribution in [1.29, 1.82) is 0 Å². The molecule has 270 valence electrons. The Kier molecular flexibility index (Phi) is 7.16. The van der Waals surface area contributed by atoms with E-state index in [1.54, 1.807) is 0 Å². The summed E-state index contributed by atoms with van der Waals surface area (Å²) in [5, 5.41) is 8.73. The Morgan fingerprint density at radius 1 is 0.276 bits per heavy atom. The van der Waals surface area contributed by atoms with Gasteiger partial charge in [0.2, 0.25) is 0 Å². The molecule has 12 aromatic rings. The molecule has 0 bridgehead atoms. The topological polar surface area (TPSA) is 65.0 Å². The Morgan fingerprint density at radius 2 is 0.741 bits per heavy atom. The zero-order valence-electron chi connectivity index (χ0n) is 31.1. The van der Waals surface area contributed by atoms with Crippen molar-refractivity contribution < 1.29 is 8.83 Å². The van der Waals surface area contributed by atoms with Crippen molar-refractivity contribution in [3.63, 3.8) is 0 Å². The van der Waals surface area contributed by atoms with Gasteiger partial charge in [0.1, 0.15) is 22.3 Å². The number of furan rings is 2. The van der Waals surface area contributed by atoms with Crippen LogP contribution in [-0.4, -0.2) is 15.0 Å². The quantitative estimate of drug-likeness (QED) is 0.176. The predicted molar refractivity (Wildman–Crippen MR) is 237 cm³/mol. The summed E-state index contributed by atoms with van der Waals surface area (Å²) in [5.41, 5.74) is 10.5. The first-order valence-corrected chi connectivity index (χ1v) is 19.4. The molecule has 12 rings (SSSR count). The maximum atomic E-state index is 6.33. The second kappa shape index (κ2) is 12.8. The second-order valence-electron chi connectivity index (χ2n) is 14.7. The largest absolute Gasteiger partial charge is 0.456 e. The van der Waals surface area contributed by atoms with Gasteiger partial charge in [-0.05, 0) is 80.2 Å². The number of fused-ring (bicyclic) bond motifs is 8. The van der Waals surface area contributed by atoms with E-state index in [2.05, 4.69) is 140 Å². The monoisotopic (exact) mass is 741 g/mol. The van der Waals surface area contributed by atoms with Crippen molar-refractivity contribution >= 4 is 65.4 Å². The molecule has 58 heavy (non-hydrogen) atoms. The summed E-state index contributed by atoms with van der Waals surface area (Å²) in [6.07, 6.45) is 0. The fraction of sp³-hybridized carbons (Fsp3) is 0. The van der Waals surface area contributed by atoms with Crippen molar-refractivity contribution in [2.24, 2.45) is 0 Å². The van der Waals surface area contributed by atoms with Gasteiger partial charge in [0.15, 0.2) is 17.5 Å². The van der Waals surface area contributed by atoms with Crippen LogP contribution in [-0.2, 0) is 0 Å². The van der Waals surface area contributed by atoms with Crippen LogP contribution in [0.15, 0.2) is 197 Å². The highest BCUT2D eigenvalue weighted by molar-refractivity contribution is 6.14. The molecule has 0 fully saturated rings. The molecule has 3 heterocycles. The van der Waals surface area contributed by atoms with E-state index in [1.165, 1.54) is 10.8 Å². The zero-order valence-corrected chi connectivity index (χ0v) is 31.1. The maximum Gasteiger partial charge on any atom is 0.164 e. The van der Waals surface area contributed by atoms with E-state index in [4.69, 9.17) is 23.8 Å². The van der Waals surface area contributed by atoms with Crippen LogP contribution < -0.4 is 0 Å². The third kappa shape index (κ3) is 5.14. The Balaban J connectivity index is 1.08. The van der Waals surface area contributed by atoms with Gasteiger partial charge < -0.3 is 8.83 Å². The first-order valence-electron chi connectivity index (χ1n) is 19.4. The van der Waals surface area contributed by atoms with Gasteiger partial charge >= 0.3 is 0 Å². The summed E-state index contributed by atoms with van der Waals surface area (Å²) in [6.45, 7) is 0. The Labute approximate surface area is 332 Å². The summed E-state index contributed by atoms with van der Waals surface area (Å²) in [6, 6.07) is 65.2. The van der Waals surface area contributed by atoms with Crippen LogP contribution in [0.5, 0.6) is 0 Å². The van der Waals surface area contributed by atoms with Crippen LogP contribution in [0.4, 0.5) is 0 Å². The lowest BCUT2D eigenvalue weighted by atomic mass is 9.95. The van der Waals surface area contributed by atoms with Crippen LogP contribution in [0.2, 0.25) is 0 Å². The number of benzene rings is 9. The number of nitrogens with zero attached hydrogens (tertiary/aromatic N) is 3. The van der Waals surface area contributed by atoms with Gasteiger partial charge in [-0.15, -0.1) is 0 Å². The zero-order chi connectivity index (χ0) is 38.2. The highest BCUT2D eigenvalue weighted by Gasteiger charge is 2.21. The van der Waals surface area contributed by atoms with Gasteiger partial charge in [0.05, 0.1) is 0 Å². The lowest BCUT2D eigenvalue weighted by Crippen LogP contribution is -2.01. The minimum atomic E-state index is 0.581. The van der Waals surface area contributed by atoms with Gasteiger partial charge in [-0.25, -0.2) is 15.0 Å². The summed E-state index contributed by atoms with van der Waals surface area (Å²) < 4.78 is 12.6. The van der Waals surface area contributed by atoms with Crippen LogP contribution in [0.1, 0.15) is 0 Å². The first kappa shape index (κ1) is 32.4. The van der Waals surface area contributed by atoms with Gasteiger partial charge in [-0.3, -0.25) is 0 Å². The van der Waals surface area contributed by atoms with E-state index in [-0.39, 0.29) is 0 Å². The minimum absolute atomic E-state index is 0.581. The molecule has 0 atom stereocenters. The van der Waals surface area contributed by atoms with Gasteiger partial charge in [0, 0.05) is 38.2 Å². The Hall–Kier alpha value is -7.89. The molecule has 0 N–H and O–H groups in total. The molecule has 0 saturated carbocycles. The summed E-state index contributed by atoms with van der Waals surface area (Å²) in [7, 11) is 0. The number of rotatable bonds is 5. The molecular formula is C53H31N3O2. The van der Waals surface area contributed by atoms with E-state index in [0.717, 1.165) is 93.6 Å². The van der Waals surface area contributed by atoms with Gasteiger partial charge in [0.25, 0.3) is 0 Å². The molecule has 0 aliphatic heterocycles. The fourth-order valence-corrected chi connectivity index (χ4v) is 8.65. The van der Waals surface area contributed by atoms with E-state index >= 15 is 0 Å². The standard InChI is InChI=1S/C53H31N3O2/c1-2-13-33-30-35(27-26-32(33)12-1)37-15-3-4-16-40(37)51-54-52(56-53(55-51)44-21-11-25-48-50(44)43-18-6-8-23-46(43)58-48)41-20-9-14-34-31-36(28-29-38(34)41)39-19-10-24-47-49(39)42-17-5-7-22-45(42)57-47/h1-31H. The maximum absolute atomic E-state index is 6.33. The highest BCUT2D eigenvalue weighted by atomic mass is 16.3. The third-order valence-electron chi connectivity index (χ3n) is 11.3. The number of hydrogen-bond donors (Lipinski definition) is 0. The van der Waals surface area contributed by atoms with Crippen molar-refractivity contribution in [2.75, 3.05) is 0 Å². The molecule has 0 spiro atoms. The van der Waals surface area contributed by atoms with Crippen LogP contribution in [0.3, 0.4) is 0 Å². The molecule has 0 aliphatic rings. The molecule has 5 heteroatoms. The number of aromatic nitrogens is 3. The van der Waals surface area contributed by atoms with Crippen LogP contribution in [0.25, 0.3) is 122 Å². The van der Waals surface area contributed by atoms with E-state index in [0.29, 0.717) is 17.5 Å². The van der Waals surface area contributed by atoms with Crippen LogP contribution >= 0.6 is 0 Å². The highest BCUT2D eigenvalue weighted by Crippen LogP contribution is 2.41. The molecule has 3 aromatic heterocycles. The Morgan fingerprint density at radius 3 is 1.50 bits per heavy atom. The van der Waals surface area contributed by atoms with Gasteiger partial charge in [-0.2, -0.15) is 0 Å². The predicted octanol–water partition coefficient (Wildman–Crippen LogP) is 14.3. The van der Waals surface area contributed by atoms with Crippen molar-refractivity contribution in [2.45, 2.75) is 0 Å². The van der Waals surface area contributed by atoms with E-state index in [1.807, 2.05) is 48.5 Å².